The van der Waals surface area contributed by atoms with Crippen LogP contribution in [0.5, 0.6) is 0 Å². The van der Waals surface area contributed by atoms with Crippen LogP contribution in [0.4, 0.5) is 0 Å². The fourth-order valence-corrected chi connectivity index (χ4v) is 2.82. The lowest BCUT2D eigenvalue weighted by Gasteiger charge is -2.27. The summed E-state index contributed by atoms with van der Waals surface area (Å²) < 4.78 is 0. The van der Waals surface area contributed by atoms with Crippen LogP contribution in [0.25, 0.3) is 0 Å². The molecule has 1 heterocycles. The Hall–Kier alpha value is -2.37. The third kappa shape index (κ3) is 4.09. The topological polar surface area (TPSA) is 69.7 Å². The lowest BCUT2D eigenvalue weighted by molar-refractivity contribution is -0.138. The standard InChI is InChI=1S/C17H23N3O3/c1-12(21)20-10-9-14(17(23)19(2)3)18-16(22)15(20)11-13-7-5-4-6-8-13/h4-8,14-15H,9-11H2,1-3H3,(H,18,22)/t14-,15+/m0/s1. The van der Waals surface area contributed by atoms with Gasteiger partial charge in [-0.25, -0.2) is 0 Å². The number of nitrogens with one attached hydrogen (secondary N) is 1. The molecule has 1 aromatic carbocycles. The number of benzene rings is 1. The molecule has 6 nitrogen and oxygen atoms in total. The predicted molar refractivity (Wildman–Crippen MR) is 86.6 cm³/mol. The van der Waals surface area contributed by atoms with Crippen molar-refractivity contribution in [1.82, 2.24) is 15.1 Å². The molecule has 0 spiro atoms. The van der Waals surface area contributed by atoms with Gasteiger partial charge in [-0.05, 0) is 12.0 Å². The monoisotopic (exact) mass is 317 g/mol. The molecule has 124 valence electrons. The average molecular weight is 317 g/mol. The van der Waals surface area contributed by atoms with Gasteiger partial charge in [0.25, 0.3) is 0 Å². The summed E-state index contributed by atoms with van der Waals surface area (Å²) >= 11 is 0. The van der Waals surface area contributed by atoms with Gasteiger partial charge in [0, 0.05) is 34.0 Å². The van der Waals surface area contributed by atoms with Crippen LogP contribution in [-0.2, 0) is 20.8 Å². The van der Waals surface area contributed by atoms with Crippen LogP contribution in [0.1, 0.15) is 18.9 Å². The van der Waals surface area contributed by atoms with Crippen LogP contribution in [0, 0.1) is 0 Å². The maximum absolute atomic E-state index is 12.6. The van der Waals surface area contributed by atoms with Crippen LogP contribution in [0.2, 0.25) is 0 Å². The van der Waals surface area contributed by atoms with Gasteiger partial charge in [-0.2, -0.15) is 0 Å². The van der Waals surface area contributed by atoms with E-state index in [4.69, 9.17) is 0 Å². The molecule has 1 N–H and O–H groups in total. The molecule has 1 saturated heterocycles. The molecule has 0 aliphatic carbocycles. The third-order valence-electron chi connectivity index (χ3n) is 4.07. The Morgan fingerprint density at radius 2 is 1.91 bits per heavy atom. The van der Waals surface area contributed by atoms with Crippen molar-refractivity contribution < 1.29 is 14.4 Å². The van der Waals surface area contributed by atoms with Crippen molar-refractivity contribution in [3.8, 4) is 0 Å². The largest absolute Gasteiger partial charge is 0.347 e. The minimum absolute atomic E-state index is 0.151. The summed E-state index contributed by atoms with van der Waals surface area (Å²) in [6.07, 6.45) is 0.864. The number of nitrogens with zero attached hydrogens (tertiary/aromatic N) is 2. The smallest absolute Gasteiger partial charge is 0.244 e. The molecule has 23 heavy (non-hydrogen) atoms. The Bertz CT molecular complexity index is 586. The zero-order valence-corrected chi connectivity index (χ0v) is 13.8. The molecule has 2 atom stereocenters. The van der Waals surface area contributed by atoms with Gasteiger partial charge in [0.2, 0.25) is 17.7 Å². The summed E-state index contributed by atoms with van der Waals surface area (Å²) in [4.78, 5) is 39.7. The second kappa shape index (κ2) is 7.26. The van der Waals surface area contributed by atoms with Gasteiger partial charge in [-0.15, -0.1) is 0 Å². The zero-order valence-electron chi connectivity index (χ0n) is 13.8. The van der Waals surface area contributed by atoms with Gasteiger partial charge in [0.1, 0.15) is 12.1 Å². The Morgan fingerprint density at radius 3 is 2.48 bits per heavy atom. The Labute approximate surface area is 136 Å². The van der Waals surface area contributed by atoms with Crippen LogP contribution in [0.3, 0.4) is 0 Å². The molecule has 1 aliphatic heterocycles. The molecule has 0 bridgehead atoms. The van der Waals surface area contributed by atoms with E-state index in [1.165, 1.54) is 11.8 Å². The van der Waals surface area contributed by atoms with Crippen LogP contribution in [-0.4, -0.2) is 60.2 Å². The summed E-state index contributed by atoms with van der Waals surface area (Å²) in [5.74, 6) is -0.581. The molecule has 0 radical (unpaired) electrons. The first-order chi connectivity index (χ1) is 10.9. The minimum Gasteiger partial charge on any atom is -0.347 e. The molecule has 1 fully saturated rings. The number of carbonyl (C=O) groups is 3. The lowest BCUT2D eigenvalue weighted by Crippen LogP contribution is -2.50. The van der Waals surface area contributed by atoms with E-state index in [0.717, 1.165) is 5.56 Å². The number of rotatable bonds is 3. The summed E-state index contributed by atoms with van der Waals surface area (Å²) in [5, 5.41) is 2.79. The molecule has 2 rings (SSSR count). The first kappa shape index (κ1) is 17.0. The second-order valence-electron chi connectivity index (χ2n) is 6.00. The molecule has 3 amide bonds. The summed E-state index contributed by atoms with van der Waals surface area (Å²) in [6.45, 7) is 1.84. The number of hydrogen-bond acceptors (Lipinski definition) is 3. The quantitative estimate of drug-likeness (QED) is 0.878. The molecule has 1 aliphatic rings. The van der Waals surface area contributed by atoms with E-state index in [1.54, 1.807) is 19.0 Å². The molecule has 6 heteroatoms. The van der Waals surface area contributed by atoms with Crippen molar-refractivity contribution in [2.75, 3.05) is 20.6 Å². The van der Waals surface area contributed by atoms with Gasteiger partial charge in [0.15, 0.2) is 0 Å². The Kier molecular flexibility index (Phi) is 5.36. The van der Waals surface area contributed by atoms with E-state index in [2.05, 4.69) is 5.32 Å². The maximum atomic E-state index is 12.6. The highest BCUT2D eigenvalue weighted by atomic mass is 16.2. The average Bonchev–Trinajstić information content (AvgIpc) is 2.67. The van der Waals surface area contributed by atoms with E-state index in [0.29, 0.717) is 19.4 Å². The Balaban J connectivity index is 2.22. The fourth-order valence-electron chi connectivity index (χ4n) is 2.82. The summed E-state index contributed by atoms with van der Waals surface area (Å²) in [7, 11) is 3.31. The highest BCUT2D eigenvalue weighted by Crippen LogP contribution is 2.15. The number of hydrogen-bond donors (Lipinski definition) is 1. The highest BCUT2D eigenvalue weighted by Gasteiger charge is 2.35. The first-order valence-electron chi connectivity index (χ1n) is 7.73. The van der Waals surface area contributed by atoms with Crippen LogP contribution in [0.15, 0.2) is 30.3 Å². The normalized spacial score (nSPS) is 21.3. The van der Waals surface area contributed by atoms with E-state index < -0.39 is 12.1 Å². The SMILES string of the molecule is CC(=O)N1CC[C@@H](C(=O)N(C)C)NC(=O)[C@H]1Cc1ccccc1. The molecule has 0 aromatic heterocycles. The van der Waals surface area contributed by atoms with E-state index in [1.807, 2.05) is 30.3 Å². The van der Waals surface area contributed by atoms with Gasteiger partial charge in [-0.3, -0.25) is 14.4 Å². The van der Waals surface area contributed by atoms with Crippen molar-refractivity contribution >= 4 is 17.7 Å². The van der Waals surface area contributed by atoms with E-state index in [-0.39, 0.29) is 17.7 Å². The lowest BCUT2D eigenvalue weighted by atomic mass is 10.0. The van der Waals surface area contributed by atoms with Crippen LogP contribution >= 0.6 is 0 Å². The molecule has 0 saturated carbocycles. The second-order valence-corrected chi connectivity index (χ2v) is 6.00. The molecule has 0 unspecified atom stereocenters. The first-order valence-corrected chi connectivity index (χ1v) is 7.73. The van der Waals surface area contributed by atoms with Gasteiger partial charge in [-0.1, -0.05) is 30.3 Å². The third-order valence-corrected chi connectivity index (χ3v) is 4.07. The minimum atomic E-state index is -0.588. The zero-order chi connectivity index (χ0) is 17.0. The number of likely N-dealkylation sites (N-methyl/N-ethyl adjacent to an activating group) is 1. The van der Waals surface area contributed by atoms with Gasteiger partial charge in [0.05, 0.1) is 0 Å². The fraction of sp³-hybridized carbons (Fsp3) is 0.471. The van der Waals surface area contributed by atoms with Crippen molar-refractivity contribution in [3.63, 3.8) is 0 Å². The number of amides is 3. The van der Waals surface area contributed by atoms with Crippen molar-refractivity contribution in [1.29, 1.82) is 0 Å². The number of carbonyl (C=O) groups excluding carboxylic acids is 3. The van der Waals surface area contributed by atoms with Crippen molar-refractivity contribution in [2.45, 2.75) is 31.8 Å². The van der Waals surface area contributed by atoms with E-state index in [9.17, 15) is 14.4 Å². The molecular formula is C17H23N3O3. The van der Waals surface area contributed by atoms with Gasteiger partial charge < -0.3 is 15.1 Å². The Morgan fingerprint density at radius 1 is 1.26 bits per heavy atom. The summed E-state index contributed by atoms with van der Waals surface area (Å²) in [5.41, 5.74) is 0.983. The predicted octanol–water partition coefficient (Wildman–Crippen LogP) is 0.423. The highest BCUT2D eigenvalue weighted by molar-refractivity contribution is 5.92. The van der Waals surface area contributed by atoms with Crippen molar-refractivity contribution in [2.24, 2.45) is 0 Å². The van der Waals surface area contributed by atoms with Gasteiger partial charge >= 0.3 is 0 Å². The van der Waals surface area contributed by atoms with Crippen LogP contribution < -0.4 is 5.32 Å². The maximum Gasteiger partial charge on any atom is 0.244 e. The summed E-state index contributed by atoms with van der Waals surface area (Å²) in [6, 6.07) is 8.40. The molecule has 1 aromatic rings. The molecular weight excluding hydrogens is 294 g/mol. The van der Waals surface area contributed by atoms with Crippen molar-refractivity contribution in [3.05, 3.63) is 35.9 Å². The van der Waals surface area contributed by atoms with E-state index >= 15 is 0 Å².